The van der Waals surface area contributed by atoms with E-state index in [1.807, 2.05) is 0 Å². The first kappa shape index (κ1) is 16.5. The molecule has 0 unspecified atom stereocenters. The molecule has 3 rings (SSSR count). The molecule has 24 heavy (non-hydrogen) atoms. The zero-order valence-electron chi connectivity index (χ0n) is 14.7. The minimum Gasteiger partial charge on any atom is -0.0708 e. The molecule has 0 fully saturated rings. The van der Waals surface area contributed by atoms with Gasteiger partial charge in [0.05, 0.1) is 0 Å². The van der Waals surface area contributed by atoms with E-state index in [4.69, 9.17) is 0 Å². The number of allylic oxidation sites excluding steroid dienone is 1. The van der Waals surface area contributed by atoms with Crippen molar-refractivity contribution in [3.63, 3.8) is 0 Å². The van der Waals surface area contributed by atoms with Crippen LogP contribution < -0.4 is 5.19 Å². The third-order valence-corrected chi connectivity index (χ3v) is 8.83. The van der Waals surface area contributed by atoms with Gasteiger partial charge in [0.25, 0.3) is 0 Å². The van der Waals surface area contributed by atoms with Crippen LogP contribution in [0.2, 0.25) is 13.1 Å². The molecule has 120 valence electrons. The first-order chi connectivity index (χ1) is 11.6. The van der Waals surface area contributed by atoms with Gasteiger partial charge in [0, 0.05) is 0 Å². The Morgan fingerprint density at radius 2 is 0.958 bits per heavy atom. The highest BCUT2D eigenvalue weighted by molar-refractivity contribution is 6.96. The lowest BCUT2D eigenvalue weighted by molar-refractivity contribution is 1.47. The predicted octanol–water partition coefficient (Wildman–Crippen LogP) is 5.66. The Morgan fingerprint density at radius 3 is 1.38 bits per heavy atom. The zero-order valence-corrected chi connectivity index (χ0v) is 15.7. The van der Waals surface area contributed by atoms with Gasteiger partial charge < -0.3 is 0 Å². The van der Waals surface area contributed by atoms with Crippen LogP contribution in [-0.4, -0.2) is 8.07 Å². The summed E-state index contributed by atoms with van der Waals surface area (Å²) in [6.45, 7) is 7.22. The smallest absolute Gasteiger partial charge is 0.0708 e. The van der Waals surface area contributed by atoms with Gasteiger partial charge in [-0.05, 0) is 23.6 Å². The first-order valence-corrected chi connectivity index (χ1v) is 11.5. The molecule has 0 N–H and O–H groups in total. The second kappa shape index (κ2) is 7.02. The van der Waals surface area contributed by atoms with E-state index in [0.29, 0.717) is 0 Å². The summed E-state index contributed by atoms with van der Waals surface area (Å²) in [5.41, 5.74) is 3.99. The van der Waals surface area contributed by atoms with Crippen LogP contribution in [0.25, 0.3) is 5.57 Å². The molecule has 0 atom stereocenters. The molecule has 0 saturated heterocycles. The Hall–Kier alpha value is -2.38. The third-order valence-electron chi connectivity index (χ3n) is 4.93. The van der Waals surface area contributed by atoms with Crippen molar-refractivity contribution in [2.24, 2.45) is 0 Å². The third kappa shape index (κ3) is 3.27. The van der Waals surface area contributed by atoms with Crippen LogP contribution in [0.3, 0.4) is 0 Å². The summed E-state index contributed by atoms with van der Waals surface area (Å²) in [7, 11) is -1.73. The lowest BCUT2D eigenvalue weighted by Crippen LogP contribution is -2.43. The van der Waals surface area contributed by atoms with Crippen LogP contribution in [0.15, 0.2) is 96.2 Å². The van der Waals surface area contributed by atoms with E-state index in [1.165, 1.54) is 27.1 Å². The molecule has 0 bridgehead atoms. The SMILES string of the molecule is CC(=C(c1ccccc1)c1ccccc1)[Si](C)(C)c1ccccc1. The van der Waals surface area contributed by atoms with E-state index >= 15 is 0 Å². The van der Waals surface area contributed by atoms with Gasteiger partial charge in [-0.1, -0.05) is 114 Å². The van der Waals surface area contributed by atoms with Gasteiger partial charge in [0.1, 0.15) is 8.07 Å². The maximum absolute atomic E-state index is 2.45. The molecule has 0 radical (unpaired) electrons. The fourth-order valence-electron chi connectivity index (χ4n) is 3.19. The molecule has 0 aliphatic heterocycles. The fourth-order valence-corrected chi connectivity index (χ4v) is 5.57. The Labute approximate surface area is 146 Å². The van der Waals surface area contributed by atoms with Crippen LogP contribution in [0.5, 0.6) is 0 Å². The molecule has 3 aromatic rings. The monoisotopic (exact) mass is 328 g/mol. The van der Waals surface area contributed by atoms with Crippen molar-refractivity contribution < 1.29 is 0 Å². The molecular weight excluding hydrogens is 304 g/mol. The second-order valence-corrected chi connectivity index (χ2v) is 11.3. The van der Waals surface area contributed by atoms with E-state index in [-0.39, 0.29) is 0 Å². The summed E-state index contributed by atoms with van der Waals surface area (Å²) in [6.07, 6.45) is 0. The molecular formula is C23H24Si. The normalized spacial score (nSPS) is 11.1. The molecule has 1 heteroatoms. The molecule has 0 aromatic heterocycles. The molecule has 0 aliphatic carbocycles. The lowest BCUT2D eigenvalue weighted by atomic mass is 9.98. The zero-order chi connectivity index (χ0) is 17.0. The molecule has 0 nitrogen and oxygen atoms in total. The highest BCUT2D eigenvalue weighted by atomic mass is 28.3. The van der Waals surface area contributed by atoms with E-state index in [2.05, 4.69) is 111 Å². The summed E-state index contributed by atoms with van der Waals surface area (Å²) in [5, 5.41) is 3.00. The molecule has 0 heterocycles. The Balaban J connectivity index is 2.22. The average Bonchev–Trinajstić information content (AvgIpc) is 2.64. The van der Waals surface area contributed by atoms with Crippen molar-refractivity contribution in [3.8, 4) is 0 Å². The number of benzene rings is 3. The topological polar surface area (TPSA) is 0 Å². The van der Waals surface area contributed by atoms with Gasteiger partial charge in [-0.3, -0.25) is 0 Å². The lowest BCUT2D eigenvalue weighted by Gasteiger charge is -2.28. The van der Waals surface area contributed by atoms with Crippen molar-refractivity contribution in [1.29, 1.82) is 0 Å². The number of rotatable bonds is 4. The quantitative estimate of drug-likeness (QED) is 0.542. The molecule has 0 spiro atoms. The van der Waals surface area contributed by atoms with Crippen LogP contribution in [0, 0.1) is 0 Å². The Bertz CT molecular complexity index is 774. The number of hydrogen-bond donors (Lipinski definition) is 0. The maximum Gasteiger partial charge on any atom is 0.108 e. The molecule has 0 saturated carbocycles. The fraction of sp³-hybridized carbons (Fsp3) is 0.130. The minimum atomic E-state index is -1.73. The first-order valence-electron chi connectivity index (χ1n) is 8.48. The summed E-state index contributed by atoms with van der Waals surface area (Å²) < 4.78 is 0. The van der Waals surface area contributed by atoms with Gasteiger partial charge >= 0.3 is 0 Å². The van der Waals surface area contributed by atoms with Gasteiger partial charge in [-0.25, -0.2) is 0 Å². The molecule has 0 aliphatic rings. The summed E-state index contributed by atoms with van der Waals surface area (Å²) in [4.78, 5) is 0. The Kier molecular flexibility index (Phi) is 4.82. The second-order valence-electron chi connectivity index (χ2n) is 6.72. The highest BCUT2D eigenvalue weighted by Crippen LogP contribution is 2.31. The van der Waals surface area contributed by atoms with Crippen molar-refractivity contribution >= 4 is 18.8 Å². The van der Waals surface area contributed by atoms with Gasteiger partial charge in [-0.2, -0.15) is 0 Å². The standard InChI is InChI=1S/C23H24Si/c1-19(24(2,3)22-17-11-6-12-18-22)23(20-13-7-4-8-14-20)21-15-9-5-10-16-21/h4-18H,1-3H3. The minimum absolute atomic E-state index is 1.30. The maximum atomic E-state index is 2.45. The summed E-state index contributed by atoms with van der Waals surface area (Å²) >= 11 is 0. The van der Waals surface area contributed by atoms with Gasteiger partial charge in [-0.15, -0.1) is 0 Å². The van der Waals surface area contributed by atoms with Crippen LogP contribution >= 0.6 is 0 Å². The van der Waals surface area contributed by atoms with E-state index < -0.39 is 8.07 Å². The van der Waals surface area contributed by atoms with E-state index in [9.17, 15) is 0 Å². The van der Waals surface area contributed by atoms with Crippen LogP contribution in [0.1, 0.15) is 18.1 Å². The Morgan fingerprint density at radius 1 is 0.583 bits per heavy atom. The van der Waals surface area contributed by atoms with Gasteiger partial charge in [0.15, 0.2) is 0 Å². The van der Waals surface area contributed by atoms with Crippen LogP contribution in [0.4, 0.5) is 0 Å². The largest absolute Gasteiger partial charge is 0.108 e. The molecule has 3 aromatic carbocycles. The average molecular weight is 329 g/mol. The van der Waals surface area contributed by atoms with Crippen molar-refractivity contribution in [2.45, 2.75) is 20.0 Å². The van der Waals surface area contributed by atoms with E-state index in [0.717, 1.165) is 0 Å². The summed E-state index contributed by atoms with van der Waals surface area (Å²) in [5.74, 6) is 0. The van der Waals surface area contributed by atoms with Crippen molar-refractivity contribution in [1.82, 2.24) is 0 Å². The predicted molar refractivity (Wildman–Crippen MR) is 108 cm³/mol. The summed E-state index contributed by atoms with van der Waals surface area (Å²) in [6, 6.07) is 32.5. The number of hydrogen-bond acceptors (Lipinski definition) is 0. The van der Waals surface area contributed by atoms with Crippen molar-refractivity contribution in [3.05, 3.63) is 107 Å². The van der Waals surface area contributed by atoms with Gasteiger partial charge in [0.2, 0.25) is 0 Å². The molecule has 0 amide bonds. The van der Waals surface area contributed by atoms with E-state index in [1.54, 1.807) is 0 Å². The highest BCUT2D eigenvalue weighted by Gasteiger charge is 2.28. The van der Waals surface area contributed by atoms with Crippen molar-refractivity contribution in [2.75, 3.05) is 0 Å². The van der Waals surface area contributed by atoms with Crippen LogP contribution in [-0.2, 0) is 0 Å².